The standard InChI is InChI=1S/C13H13N5O/c1-8-11(9-3-5-10(19-2)6-4-9)12-15-7-16-13(14)18(12)17-8/h3-7H,1-2H3,(H2,14,15,16). The highest BCUT2D eigenvalue weighted by atomic mass is 16.5. The molecule has 0 aliphatic heterocycles. The second-order valence-corrected chi connectivity index (χ2v) is 4.16. The Morgan fingerprint density at radius 1 is 1.16 bits per heavy atom. The smallest absolute Gasteiger partial charge is 0.224 e. The summed E-state index contributed by atoms with van der Waals surface area (Å²) in [5, 5.41) is 4.37. The number of anilines is 1. The van der Waals surface area contributed by atoms with E-state index in [9.17, 15) is 0 Å². The molecule has 0 bridgehead atoms. The zero-order chi connectivity index (χ0) is 13.4. The molecule has 0 spiro atoms. The quantitative estimate of drug-likeness (QED) is 0.753. The number of methoxy groups -OCH3 is 1. The van der Waals surface area contributed by atoms with Gasteiger partial charge in [-0.25, -0.2) is 9.97 Å². The molecule has 0 radical (unpaired) electrons. The molecule has 3 aromatic rings. The maximum atomic E-state index is 5.79. The number of rotatable bonds is 2. The zero-order valence-corrected chi connectivity index (χ0v) is 10.7. The lowest BCUT2D eigenvalue weighted by Crippen LogP contribution is -2.02. The van der Waals surface area contributed by atoms with Crippen LogP contribution < -0.4 is 10.5 Å². The van der Waals surface area contributed by atoms with Crippen LogP contribution in [0.3, 0.4) is 0 Å². The second kappa shape index (κ2) is 4.24. The maximum absolute atomic E-state index is 5.79. The summed E-state index contributed by atoms with van der Waals surface area (Å²) in [5.74, 6) is 1.14. The van der Waals surface area contributed by atoms with E-state index in [-0.39, 0.29) is 0 Å². The summed E-state index contributed by atoms with van der Waals surface area (Å²) >= 11 is 0. The molecule has 2 aromatic heterocycles. The maximum Gasteiger partial charge on any atom is 0.224 e. The van der Waals surface area contributed by atoms with Crippen molar-refractivity contribution in [2.75, 3.05) is 12.8 Å². The number of benzene rings is 1. The molecule has 6 heteroatoms. The molecule has 0 aliphatic rings. The number of ether oxygens (including phenoxy) is 1. The summed E-state index contributed by atoms with van der Waals surface area (Å²) in [4.78, 5) is 8.19. The van der Waals surface area contributed by atoms with Crippen LogP contribution in [-0.2, 0) is 0 Å². The lowest BCUT2D eigenvalue weighted by Gasteiger charge is -2.03. The molecule has 0 fully saturated rings. The fourth-order valence-electron chi connectivity index (χ4n) is 2.09. The third-order valence-electron chi connectivity index (χ3n) is 3.00. The van der Waals surface area contributed by atoms with Crippen LogP contribution in [0.15, 0.2) is 30.6 Å². The summed E-state index contributed by atoms with van der Waals surface area (Å²) in [7, 11) is 1.64. The van der Waals surface area contributed by atoms with Crippen LogP contribution in [0.1, 0.15) is 5.69 Å². The van der Waals surface area contributed by atoms with Crippen molar-refractivity contribution in [3.63, 3.8) is 0 Å². The minimum atomic E-state index is 0.327. The van der Waals surface area contributed by atoms with E-state index < -0.39 is 0 Å². The van der Waals surface area contributed by atoms with Gasteiger partial charge in [-0.15, -0.1) is 0 Å². The Kier molecular flexibility index (Phi) is 2.56. The van der Waals surface area contributed by atoms with Crippen molar-refractivity contribution >= 4 is 11.6 Å². The van der Waals surface area contributed by atoms with Crippen LogP contribution in [0.5, 0.6) is 5.75 Å². The van der Waals surface area contributed by atoms with Gasteiger partial charge in [-0.05, 0) is 24.6 Å². The average Bonchev–Trinajstić information content (AvgIpc) is 2.77. The number of aromatic nitrogens is 4. The minimum Gasteiger partial charge on any atom is -0.497 e. The molecule has 1 aromatic carbocycles. The Bertz CT molecular complexity index is 733. The highest BCUT2D eigenvalue weighted by molar-refractivity contribution is 5.80. The third kappa shape index (κ3) is 1.77. The van der Waals surface area contributed by atoms with E-state index in [0.717, 1.165) is 22.6 Å². The average molecular weight is 255 g/mol. The van der Waals surface area contributed by atoms with Gasteiger partial charge in [0.25, 0.3) is 0 Å². The minimum absolute atomic E-state index is 0.327. The van der Waals surface area contributed by atoms with E-state index >= 15 is 0 Å². The molecule has 2 heterocycles. The van der Waals surface area contributed by atoms with Gasteiger partial charge < -0.3 is 10.5 Å². The molecule has 19 heavy (non-hydrogen) atoms. The predicted octanol–water partition coefficient (Wildman–Crippen LogP) is 1.69. The van der Waals surface area contributed by atoms with E-state index in [4.69, 9.17) is 10.5 Å². The van der Waals surface area contributed by atoms with Crippen LogP contribution in [0.2, 0.25) is 0 Å². The van der Waals surface area contributed by atoms with E-state index in [1.807, 2.05) is 31.2 Å². The molecule has 3 rings (SSSR count). The van der Waals surface area contributed by atoms with Gasteiger partial charge in [-0.2, -0.15) is 9.61 Å². The number of nitrogens with zero attached hydrogens (tertiary/aromatic N) is 4. The Morgan fingerprint density at radius 3 is 2.58 bits per heavy atom. The Balaban J connectivity index is 2.23. The van der Waals surface area contributed by atoms with E-state index in [1.165, 1.54) is 6.33 Å². The summed E-state index contributed by atoms with van der Waals surface area (Å²) < 4.78 is 6.71. The highest BCUT2D eigenvalue weighted by Crippen LogP contribution is 2.28. The summed E-state index contributed by atoms with van der Waals surface area (Å²) in [6, 6.07) is 7.76. The summed E-state index contributed by atoms with van der Waals surface area (Å²) in [5.41, 5.74) is 9.33. The highest BCUT2D eigenvalue weighted by Gasteiger charge is 2.14. The van der Waals surface area contributed by atoms with E-state index in [0.29, 0.717) is 11.6 Å². The molecular formula is C13H13N5O. The molecule has 0 aliphatic carbocycles. The molecule has 0 saturated carbocycles. The Morgan fingerprint density at radius 2 is 1.89 bits per heavy atom. The predicted molar refractivity (Wildman–Crippen MR) is 71.9 cm³/mol. The second-order valence-electron chi connectivity index (χ2n) is 4.16. The van der Waals surface area contributed by atoms with Crippen molar-refractivity contribution in [2.45, 2.75) is 6.92 Å². The number of nitrogen functional groups attached to an aromatic ring is 1. The first-order valence-electron chi connectivity index (χ1n) is 5.81. The fraction of sp³-hybridized carbons (Fsp3) is 0.154. The van der Waals surface area contributed by atoms with E-state index in [1.54, 1.807) is 11.6 Å². The third-order valence-corrected chi connectivity index (χ3v) is 3.00. The van der Waals surface area contributed by atoms with Gasteiger partial charge in [0, 0.05) is 5.56 Å². The van der Waals surface area contributed by atoms with Crippen molar-refractivity contribution in [2.24, 2.45) is 0 Å². The first kappa shape index (κ1) is 11.5. The van der Waals surface area contributed by atoms with Crippen molar-refractivity contribution in [3.05, 3.63) is 36.3 Å². The van der Waals surface area contributed by atoms with Crippen LogP contribution in [0.4, 0.5) is 5.95 Å². The van der Waals surface area contributed by atoms with Gasteiger partial charge >= 0.3 is 0 Å². The van der Waals surface area contributed by atoms with E-state index in [2.05, 4.69) is 15.1 Å². The van der Waals surface area contributed by atoms with Crippen LogP contribution in [0, 0.1) is 6.92 Å². The van der Waals surface area contributed by atoms with Crippen LogP contribution in [-0.4, -0.2) is 26.7 Å². The van der Waals surface area contributed by atoms with Gasteiger partial charge in [0.05, 0.1) is 12.8 Å². The topological polar surface area (TPSA) is 78.3 Å². The van der Waals surface area contributed by atoms with Gasteiger partial charge in [-0.1, -0.05) is 12.1 Å². The number of nitrogens with two attached hydrogens (primary N) is 1. The SMILES string of the molecule is COc1ccc(-c2c(C)nn3c(N)ncnc23)cc1. The molecule has 96 valence electrons. The lowest BCUT2D eigenvalue weighted by atomic mass is 10.1. The van der Waals surface area contributed by atoms with Crippen molar-refractivity contribution in [1.29, 1.82) is 0 Å². The van der Waals surface area contributed by atoms with Crippen molar-refractivity contribution < 1.29 is 4.74 Å². The molecule has 0 atom stereocenters. The summed E-state index contributed by atoms with van der Waals surface area (Å²) in [6.07, 6.45) is 1.44. The largest absolute Gasteiger partial charge is 0.497 e. The number of fused-ring (bicyclic) bond motifs is 1. The first-order chi connectivity index (χ1) is 9.20. The lowest BCUT2D eigenvalue weighted by molar-refractivity contribution is 0.415. The molecule has 0 unspecified atom stereocenters. The number of aryl methyl sites for hydroxylation is 1. The molecule has 0 amide bonds. The number of hydrogen-bond donors (Lipinski definition) is 1. The monoisotopic (exact) mass is 255 g/mol. The zero-order valence-electron chi connectivity index (χ0n) is 10.7. The Labute approximate surface area is 109 Å². The summed E-state index contributed by atoms with van der Waals surface area (Å²) in [6.45, 7) is 1.92. The van der Waals surface area contributed by atoms with Crippen LogP contribution >= 0.6 is 0 Å². The number of hydrogen-bond acceptors (Lipinski definition) is 5. The molecule has 2 N–H and O–H groups in total. The Hall–Kier alpha value is -2.63. The molecular weight excluding hydrogens is 242 g/mol. The first-order valence-corrected chi connectivity index (χ1v) is 5.81. The van der Waals surface area contributed by atoms with Gasteiger partial charge in [0.15, 0.2) is 5.65 Å². The molecule has 6 nitrogen and oxygen atoms in total. The van der Waals surface area contributed by atoms with Crippen molar-refractivity contribution in [3.8, 4) is 16.9 Å². The fourth-order valence-corrected chi connectivity index (χ4v) is 2.09. The normalized spacial score (nSPS) is 10.8. The van der Waals surface area contributed by atoms with Crippen molar-refractivity contribution in [1.82, 2.24) is 19.6 Å². The van der Waals surface area contributed by atoms with Crippen LogP contribution in [0.25, 0.3) is 16.8 Å². The van der Waals surface area contributed by atoms with Gasteiger partial charge in [-0.3, -0.25) is 0 Å². The van der Waals surface area contributed by atoms with Gasteiger partial charge in [0.1, 0.15) is 12.1 Å². The van der Waals surface area contributed by atoms with Gasteiger partial charge in [0.2, 0.25) is 5.95 Å². The molecule has 0 saturated heterocycles.